The topological polar surface area (TPSA) is 32.3 Å². The van der Waals surface area contributed by atoms with E-state index < -0.39 is 0 Å². The molecule has 1 aromatic carbocycles. The molecule has 0 aliphatic carbocycles. The van der Waals surface area contributed by atoms with Gasteiger partial charge in [-0.3, -0.25) is 4.79 Å². The summed E-state index contributed by atoms with van der Waals surface area (Å²) in [6.07, 6.45) is 0. The lowest BCUT2D eigenvalue weighted by Gasteiger charge is -2.21. The Labute approximate surface area is 117 Å². The third-order valence-electron chi connectivity index (χ3n) is 3.04. The quantitative estimate of drug-likeness (QED) is 0.898. The fraction of sp³-hybridized carbons (Fsp3) is 0.267. The van der Waals surface area contributed by atoms with Gasteiger partial charge in [0.05, 0.1) is 5.56 Å². The zero-order valence-corrected chi connectivity index (χ0v) is 12.0. The number of hydrogen-bond donors (Lipinski definition) is 1. The van der Waals surface area contributed by atoms with Crippen molar-refractivity contribution in [3.05, 3.63) is 46.7 Å². The summed E-state index contributed by atoms with van der Waals surface area (Å²) in [6.45, 7) is 6.24. The Morgan fingerprint density at radius 2 is 1.84 bits per heavy atom. The van der Waals surface area contributed by atoms with Gasteiger partial charge in [0.15, 0.2) is 0 Å². The minimum absolute atomic E-state index is 0.0585. The number of hydrogen-bond acceptors (Lipinski definition) is 3. The summed E-state index contributed by atoms with van der Waals surface area (Å²) in [7, 11) is 0. The van der Waals surface area contributed by atoms with E-state index in [4.69, 9.17) is 0 Å². The van der Waals surface area contributed by atoms with Gasteiger partial charge in [-0.15, -0.1) is 0 Å². The number of nitrogens with one attached hydrogen (secondary N) is 1. The van der Waals surface area contributed by atoms with Crippen LogP contribution in [0.1, 0.15) is 24.2 Å². The van der Waals surface area contributed by atoms with Crippen LogP contribution in [0.25, 0.3) is 0 Å². The number of thiophene rings is 1. The van der Waals surface area contributed by atoms with Gasteiger partial charge in [-0.05, 0) is 49.6 Å². The molecular weight excluding hydrogens is 256 g/mol. The summed E-state index contributed by atoms with van der Waals surface area (Å²) in [4.78, 5) is 14.2. The van der Waals surface area contributed by atoms with Gasteiger partial charge in [0.25, 0.3) is 5.91 Å². The number of rotatable bonds is 5. The molecule has 0 unspecified atom stereocenters. The molecule has 0 saturated heterocycles. The van der Waals surface area contributed by atoms with Gasteiger partial charge in [0.1, 0.15) is 0 Å². The minimum Gasteiger partial charge on any atom is -0.372 e. The molecule has 0 atom stereocenters. The smallest absolute Gasteiger partial charge is 0.256 e. The van der Waals surface area contributed by atoms with Crippen molar-refractivity contribution < 1.29 is 4.79 Å². The maximum Gasteiger partial charge on any atom is 0.256 e. The molecule has 19 heavy (non-hydrogen) atoms. The zero-order chi connectivity index (χ0) is 13.7. The second-order valence-corrected chi connectivity index (χ2v) is 4.97. The summed E-state index contributed by atoms with van der Waals surface area (Å²) >= 11 is 1.52. The van der Waals surface area contributed by atoms with Crippen molar-refractivity contribution >= 4 is 28.6 Å². The maximum absolute atomic E-state index is 11.9. The molecule has 3 nitrogen and oxygen atoms in total. The standard InChI is InChI=1S/C15H18N2OS/c1-3-17(4-2)14-7-5-13(6-8-14)16-15(18)12-9-10-19-11-12/h5-11H,3-4H2,1-2H3,(H,16,18). The first kappa shape index (κ1) is 13.6. The van der Waals surface area contributed by atoms with Crippen LogP contribution in [0.4, 0.5) is 11.4 Å². The van der Waals surface area contributed by atoms with E-state index in [0.29, 0.717) is 5.56 Å². The minimum atomic E-state index is -0.0585. The number of carbonyl (C=O) groups is 1. The largest absolute Gasteiger partial charge is 0.372 e. The number of benzene rings is 1. The van der Waals surface area contributed by atoms with Crippen molar-refractivity contribution in [3.8, 4) is 0 Å². The molecule has 0 fully saturated rings. The van der Waals surface area contributed by atoms with Crippen LogP contribution in [0.3, 0.4) is 0 Å². The molecule has 2 rings (SSSR count). The van der Waals surface area contributed by atoms with Gasteiger partial charge in [-0.25, -0.2) is 0 Å². The molecule has 0 aliphatic heterocycles. The SMILES string of the molecule is CCN(CC)c1ccc(NC(=O)c2ccsc2)cc1. The number of amides is 1. The van der Waals surface area contributed by atoms with E-state index in [1.54, 1.807) is 0 Å². The first-order valence-electron chi connectivity index (χ1n) is 6.43. The molecular formula is C15H18N2OS. The Morgan fingerprint density at radius 3 is 2.37 bits per heavy atom. The highest BCUT2D eigenvalue weighted by molar-refractivity contribution is 7.08. The predicted octanol–water partition coefficient (Wildman–Crippen LogP) is 3.85. The van der Waals surface area contributed by atoms with Crippen LogP contribution in [0, 0.1) is 0 Å². The summed E-state index contributed by atoms with van der Waals surface area (Å²) in [5.74, 6) is -0.0585. The van der Waals surface area contributed by atoms with Crippen LogP contribution in [0.15, 0.2) is 41.1 Å². The molecule has 0 bridgehead atoms. The van der Waals surface area contributed by atoms with Crippen molar-refractivity contribution in [2.45, 2.75) is 13.8 Å². The molecule has 2 aromatic rings. The molecule has 0 spiro atoms. The Hall–Kier alpha value is -1.81. The molecule has 0 saturated carbocycles. The molecule has 1 heterocycles. The second kappa shape index (κ2) is 6.38. The second-order valence-electron chi connectivity index (χ2n) is 4.19. The number of carbonyl (C=O) groups excluding carboxylic acids is 1. The van der Waals surface area contributed by atoms with E-state index in [2.05, 4.69) is 24.1 Å². The fourth-order valence-electron chi connectivity index (χ4n) is 1.94. The van der Waals surface area contributed by atoms with E-state index in [0.717, 1.165) is 18.8 Å². The average Bonchev–Trinajstić information content (AvgIpc) is 2.96. The summed E-state index contributed by atoms with van der Waals surface area (Å²) in [5.41, 5.74) is 2.71. The lowest BCUT2D eigenvalue weighted by molar-refractivity contribution is 0.102. The maximum atomic E-state index is 11.9. The zero-order valence-electron chi connectivity index (χ0n) is 11.2. The van der Waals surface area contributed by atoms with Crippen molar-refractivity contribution in [2.24, 2.45) is 0 Å². The van der Waals surface area contributed by atoms with Crippen LogP contribution in [-0.4, -0.2) is 19.0 Å². The van der Waals surface area contributed by atoms with Gasteiger partial charge in [-0.2, -0.15) is 11.3 Å². The van der Waals surface area contributed by atoms with E-state index in [1.165, 1.54) is 17.0 Å². The third-order valence-corrected chi connectivity index (χ3v) is 3.72. The van der Waals surface area contributed by atoms with Crippen molar-refractivity contribution in [3.63, 3.8) is 0 Å². The normalized spacial score (nSPS) is 10.2. The van der Waals surface area contributed by atoms with E-state index in [-0.39, 0.29) is 5.91 Å². The van der Waals surface area contributed by atoms with E-state index >= 15 is 0 Å². The monoisotopic (exact) mass is 274 g/mol. The van der Waals surface area contributed by atoms with Gasteiger partial charge in [-0.1, -0.05) is 0 Å². The average molecular weight is 274 g/mol. The summed E-state index contributed by atoms with van der Waals surface area (Å²) in [6, 6.07) is 9.78. The van der Waals surface area contributed by atoms with Gasteiger partial charge >= 0.3 is 0 Å². The van der Waals surface area contributed by atoms with E-state index in [1.807, 2.05) is 41.1 Å². The molecule has 100 valence electrons. The highest BCUT2D eigenvalue weighted by Gasteiger charge is 2.06. The highest BCUT2D eigenvalue weighted by atomic mass is 32.1. The van der Waals surface area contributed by atoms with Crippen molar-refractivity contribution in [1.29, 1.82) is 0 Å². The lowest BCUT2D eigenvalue weighted by atomic mass is 10.2. The summed E-state index contributed by atoms with van der Waals surface area (Å²) in [5, 5.41) is 6.64. The van der Waals surface area contributed by atoms with Gasteiger partial charge in [0, 0.05) is 29.8 Å². The molecule has 0 radical (unpaired) electrons. The van der Waals surface area contributed by atoms with Gasteiger partial charge in [0.2, 0.25) is 0 Å². The van der Waals surface area contributed by atoms with Crippen LogP contribution in [0.2, 0.25) is 0 Å². The Balaban J connectivity index is 2.05. The Morgan fingerprint density at radius 1 is 1.16 bits per heavy atom. The van der Waals surface area contributed by atoms with Crippen LogP contribution < -0.4 is 10.2 Å². The van der Waals surface area contributed by atoms with Crippen molar-refractivity contribution in [2.75, 3.05) is 23.3 Å². The fourth-order valence-corrected chi connectivity index (χ4v) is 2.58. The molecule has 4 heteroatoms. The highest BCUT2D eigenvalue weighted by Crippen LogP contribution is 2.18. The lowest BCUT2D eigenvalue weighted by Crippen LogP contribution is -2.21. The molecule has 0 aliphatic rings. The van der Waals surface area contributed by atoms with E-state index in [9.17, 15) is 4.79 Å². The Bertz CT molecular complexity index is 516. The first-order chi connectivity index (χ1) is 9.24. The Kier molecular flexibility index (Phi) is 4.58. The third kappa shape index (κ3) is 3.35. The van der Waals surface area contributed by atoms with Crippen molar-refractivity contribution in [1.82, 2.24) is 0 Å². The number of anilines is 2. The van der Waals surface area contributed by atoms with Crippen LogP contribution in [-0.2, 0) is 0 Å². The van der Waals surface area contributed by atoms with Gasteiger partial charge < -0.3 is 10.2 Å². The van der Waals surface area contributed by atoms with Crippen LogP contribution in [0.5, 0.6) is 0 Å². The molecule has 1 amide bonds. The summed E-state index contributed by atoms with van der Waals surface area (Å²) < 4.78 is 0. The molecule has 1 aromatic heterocycles. The predicted molar refractivity (Wildman–Crippen MR) is 82.3 cm³/mol. The molecule has 1 N–H and O–H groups in total. The number of nitrogens with zero attached hydrogens (tertiary/aromatic N) is 1. The first-order valence-corrected chi connectivity index (χ1v) is 7.37. The van der Waals surface area contributed by atoms with Crippen LogP contribution >= 0.6 is 11.3 Å².